The van der Waals surface area contributed by atoms with Crippen LogP contribution in [0.1, 0.15) is 53.9 Å². The van der Waals surface area contributed by atoms with Gasteiger partial charge < -0.3 is 15.3 Å². The number of rotatable bonds is 8. The highest BCUT2D eigenvalue weighted by Gasteiger charge is 2.19. The van der Waals surface area contributed by atoms with E-state index in [0.29, 0.717) is 18.8 Å². The molecule has 0 aliphatic heterocycles. The van der Waals surface area contributed by atoms with Gasteiger partial charge in [-0.25, -0.2) is 4.79 Å². The molecule has 0 saturated heterocycles. The maximum Gasteiger partial charge on any atom is 0.317 e. The molecular formula is C14H28N2O3. The zero-order chi connectivity index (χ0) is 15.0. The molecule has 0 saturated carbocycles. The highest BCUT2D eigenvalue weighted by Crippen LogP contribution is 2.07. The summed E-state index contributed by atoms with van der Waals surface area (Å²) >= 11 is 0. The maximum atomic E-state index is 12.1. The first-order valence-electron chi connectivity index (χ1n) is 7.03. The Morgan fingerprint density at radius 2 is 1.74 bits per heavy atom. The first kappa shape index (κ1) is 17.7. The first-order valence-corrected chi connectivity index (χ1v) is 7.03. The van der Waals surface area contributed by atoms with Crippen LogP contribution in [-0.2, 0) is 4.79 Å². The molecule has 0 rings (SSSR count). The van der Waals surface area contributed by atoms with Gasteiger partial charge in [0.2, 0.25) is 0 Å². The van der Waals surface area contributed by atoms with Crippen LogP contribution in [0.4, 0.5) is 4.79 Å². The van der Waals surface area contributed by atoms with Crippen molar-refractivity contribution in [3.05, 3.63) is 0 Å². The Kier molecular flexibility index (Phi) is 8.19. The fourth-order valence-electron chi connectivity index (χ4n) is 1.85. The van der Waals surface area contributed by atoms with Gasteiger partial charge >= 0.3 is 12.0 Å². The summed E-state index contributed by atoms with van der Waals surface area (Å²) in [4.78, 5) is 24.4. The summed E-state index contributed by atoms with van der Waals surface area (Å²) in [6, 6.07) is 0.0976. The third-order valence-electron chi connectivity index (χ3n) is 2.84. The highest BCUT2D eigenvalue weighted by atomic mass is 16.4. The molecule has 0 aromatic carbocycles. The van der Waals surface area contributed by atoms with Crippen molar-refractivity contribution in [1.82, 2.24) is 10.2 Å². The predicted octanol–water partition coefficient (Wildman–Crippen LogP) is 2.71. The monoisotopic (exact) mass is 272 g/mol. The second kappa shape index (κ2) is 8.77. The summed E-state index contributed by atoms with van der Waals surface area (Å²) in [5.74, 6) is -0.363. The van der Waals surface area contributed by atoms with E-state index in [-0.39, 0.29) is 24.5 Å². The van der Waals surface area contributed by atoms with Gasteiger partial charge in [0, 0.05) is 25.0 Å². The number of urea groups is 1. The molecule has 0 aromatic heterocycles. The van der Waals surface area contributed by atoms with E-state index < -0.39 is 5.97 Å². The summed E-state index contributed by atoms with van der Waals surface area (Å²) in [6.07, 6.45) is 1.42. The molecule has 0 aliphatic rings. The van der Waals surface area contributed by atoms with Crippen LogP contribution in [0.15, 0.2) is 0 Å². The summed E-state index contributed by atoms with van der Waals surface area (Å²) in [5.41, 5.74) is 0. The minimum Gasteiger partial charge on any atom is -0.481 e. The number of hydrogen-bond donors (Lipinski definition) is 2. The molecule has 19 heavy (non-hydrogen) atoms. The van der Waals surface area contributed by atoms with Gasteiger partial charge in [0.05, 0.1) is 0 Å². The van der Waals surface area contributed by atoms with Crippen LogP contribution >= 0.6 is 0 Å². The van der Waals surface area contributed by atoms with Crippen molar-refractivity contribution in [1.29, 1.82) is 0 Å². The fraction of sp³-hybridized carbons (Fsp3) is 0.857. The van der Waals surface area contributed by atoms with Gasteiger partial charge in [-0.1, -0.05) is 13.8 Å². The van der Waals surface area contributed by atoms with E-state index in [9.17, 15) is 9.59 Å². The lowest BCUT2D eigenvalue weighted by molar-refractivity contribution is -0.137. The number of nitrogens with one attached hydrogen (secondary N) is 1. The van der Waals surface area contributed by atoms with Crippen molar-refractivity contribution >= 4 is 12.0 Å². The molecule has 2 amide bonds. The Hall–Kier alpha value is -1.26. The van der Waals surface area contributed by atoms with Crippen LogP contribution in [0, 0.1) is 5.92 Å². The topological polar surface area (TPSA) is 69.6 Å². The molecule has 0 radical (unpaired) electrons. The number of carbonyl (C=O) groups excluding carboxylic acids is 1. The number of nitrogens with zero attached hydrogens (tertiary/aromatic N) is 1. The van der Waals surface area contributed by atoms with E-state index in [1.165, 1.54) is 0 Å². The van der Waals surface area contributed by atoms with Crippen LogP contribution in [0.25, 0.3) is 0 Å². The molecule has 5 nitrogen and oxygen atoms in total. The predicted molar refractivity (Wildman–Crippen MR) is 76.2 cm³/mol. The van der Waals surface area contributed by atoms with E-state index in [0.717, 1.165) is 6.54 Å². The van der Waals surface area contributed by atoms with Crippen molar-refractivity contribution in [2.45, 2.75) is 66.0 Å². The van der Waals surface area contributed by atoms with E-state index in [2.05, 4.69) is 19.2 Å². The lowest BCUT2D eigenvalue weighted by atomic mass is 10.1. The van der Waals surface area contributed by atoms with Crippen molar-refractivity contribution in [2.75, 3.05) is 6.54 Å². The smallest absolute Gasteiger partial charge is 0.317 e. The van der Waals surface area contributed by atoms with E-state index in [1.807, 2.05) is 25.7 Å². The molecule has 0 fully saturated rings. The molecule has 0 aromatic rings. The average molecular weight is 272 g/mol. The summed E-state index contributed by atoms with van der Waals surface area (Å²) < 4.78 is 0. The van der Waals surface area contributed by atoms with Gasteiger partial charge in [-0.2, -0.15) is 0 Å². The summed E-state index contributed by atoms with van der Waals surface area (Å²) in [6.45, 7) is 10.8. The lowest BCUT2D eigenvalue weighted by Gasteiger charge is -2.30. The minimum atomic E-state index is -0.790. The number of amides is 2. The molecule has 1 unspecified atom stereocenters. The lowest BCUT2D eigenvalue weighted by Crippen LogP contribution is -2.48. The number of hydrogen-bond acceptors (Lipinski definition) is 2. The quantitative estimate of drug-likeness (QED) is 0.713. The van der Waals surface area contributed by atoms with E-state index in [1.54, 1.807) is 0 Å². The molecule has 1 atom stereocenters. The molecule has 0 bridgehead atoms. The average Bonchev–Trinajstić information content (AvgIpc) is 2.24. The second-order valence-electron chi connectivity index (χ2n) is 5.78. The SMILES string of the molecule is CC(C)CN(C(=O)NC(C)CCCC(=O)O)C(C)C. The van der Waals surface area contributed by atoms with Crippen LogP contribution in [0.3, 0.4) is 0 Å². The van der Waals surface area contributed by atoms with Crippen LogP contribution in [-0.4, -0.2) is 40.6 Å². The van der Waals surface area contributed by atoms with Gasteiger partial charge in [0.15, 0.2) is 0 Å². The Balaban J connectivity index is 4.19. The number of aliphatic carboxylic acids is 1. The van der Waals surface area contributed by atoms with Gasteiger partial charge in [0.25, 0.3) is 0 Å². The van der Waals surface area contributed by atoms with Crippen LogP contribution in [0.5, 0.6) is 0 Å². The molecule has 2 N–H and O–H groups in total. The highest BCUT2D eigenvalue weighted by molar-refractivity contribution is 5.74. The Morgan fingerprint density at radius 3 is 2.16 bits per heavy atom. The fourth-order valence-corrected chi connectivity index (χ4v) is 1.85. The van der Waals surface area contributed by atoms with Gasteiger partial charge in [-0.3, -0.25) is 4.79 Å². The number of carboxylic acid groups (broad SMARTS) is 1. The zero-order valence-electron chi connectivity index (χ0n) is 12.8. The maximum absolute atomic E-state index is 12.1. The summed E-state index contributed by atoms with van der Waals surface area (Å²) in [7, 11) is 0. The summed E-state index contributed by atoms with van der Waals surface area (Å²) in [5, 5.41) is 11.5. The third kappa shape index (κ3) is 8.46. The molecule has 5 heteroatoms. The van der Waals surface area contributed by atoms with Crippen LogP contribution < -0.4 is 5.32 Å². The van der Waals surface area contributed by atoms with Crippen molar-refractivity contribution in [2.24, 2.45) is 5.92 Å². The molecule has 0 heterocycles. The zero-order valence-corrected chi connectivity index (χ0v) is 12.8. The largest absolute Gasteiger partial charge is 0.481 e. The minimum absolute atomic E-state index is 0.000243. The van der Waals surface area contributed by atoms with Crippen LogP contribution in [0.2, 0.25) is 0 Å². The molecule has 0 aliphatic carbocycles. The second-order valence-corrected chi connectivity index (χ2v) is 5.78. The van der Waals surface area contributed by atoms with E-state index >= 15 is 0 Å². The number of carboxylic acids is 1. The molecule has 112 valence electrons. The van der Waals surface area contributed by atoms with Gasteiger partial charge in [-0.15, -0.1) is 0 Å². The molecule has 0 spiro atoms. The number of carbonyl (C=O) groups is 2. The Labute approximate surface area is 116 Å². The third-order valence-corrected chi connectivity index (χ3v) is 2.84. The normalized spacial score (nSPS) is 12.6. The Morgan fingerprint density at radius 1 is 1.16 bits per heavy atom. The van der Waals surface area contributed by atoms with Crippen molar-refractivity contribution < 1.29 is 14.7 Å². The Bertz CT molecular complexity index is 290. The van der Waals surface area contributed by atoms with Gasteiger partial charge in [-0.05, 0) is 39.5 Å². The van der Waals surface area contributed by atoms with Gasteiger partial charge in [0.1, 0.15) is 0 Å². The molecular weight excluding hydrogens is 244 g/mol. The van der Waals surface area contributed by atoms with Crippen molar-refractivity contribution in [3.63, 3.8) is 0 Å². The first-order chi connectivity index (χ1) is 8.73. The van der Waals surface area contributed by atoms with E-state index in [4.69, 9.17) is 5.11 Å². The standard InChI is InChI=1S/C14H28N2O3/c1-10(2)9-16(11(3)4)14(19)15-12(5)7-6-8-13(17)18/h10-12H,6-9H2,1-5H3,(H,15,19)(H,17,18). The van der Waals surface area contributed by atoms with Crippen molar-refractivity contribution in [3.8, 4) is 0 Å².